The lowest BCUT2D eigenvalue weighted by Crippen LogP contribution is -2.26. The van der Waals surface area contributed by atoms with Gasteiger partial charge in [-0.15, -0.1) is 0 Å². The second-order valence-corrected chi connectivity index (χ2v) is 5.14. The van der Waals surface area contributed by atoms with E-state index in [4.69, 9.17) is 5.26 Å². The molecule has 0 aliphatic rings. The third-order valence-corrected chi connectivity index (χ3v) is 3.57. The van der Waals surface area contributed by atoms with E-state index in [2.05, 4.69) is 24.1 Å². The highest BCUT2D eigenvalue weighted by atomic mass is 19.1. The van der Waals surface area contributed by atoms with Crippen LogP contribution in [0.1, 0.15) is 39.2 Å². The zero-order valence-corrected chi connectivity index (χ0v) is 12.9. The lowest BCUT2D eigenvalue weighted by atomic mass is 10.1. The number of hydrogen-bond acceptors (Lipinski definition) is 3. The van der Waals surface area contributed by atoms with Crippen molar-refractivity contribution in [3.8, 4) is 6.07 Å². The van der Waals surface area contributed by atoms with Gasteiger partial charge in [-0.1, -0.05) is 13.8 Å². The van der Waals surface area contributed by atoms with Crippen LogP contribution in [0.4, 0.5) is 14.5 Å². The number of rotatable bonds is 8. The summed E-state index contributed by atoms with van der Waals surface area (Å²) in [7, 11) is 0. The quantitative estimate of drug-likeness (QED) is 0.793. The maximum Gasteiger partial charge on any atom is 0.150 e. The second kappa shape index (κ2) is 8.58. The molecule has 0 aliphatic carbocycles. The summed E-state index contributed by atoms with van der Waals surface area (Å²) in [4.78, 5) is 2.32. The summed E-state index contributed by atoms with van der Waals surface area (Å²) in [5.41, 5.74) is -0.158. The minimum atomic E-state index is -0.720. The largest absolute Gasteiger partial charge is 0.378 e. The Morgan fingerprint density at radius 1 is 1.24 bits per heavy atom. The lowest BCUT2D eigenvalue weighted by Gasteiger charge is -2.20. The van der Waals surface area contributed by atoms with Crippen molar-refractivity contribution in [1.29, 1.82) is 5.26 Å². The zero-order valence-electron chi connectivity index (χ0n) is 12.9. The number of nitrogens with one attached hydrogen (secondary N) is 1. The van der Waals surface area contributed by atoms with Crippen LogP contribution in [0.15, 0.2) is 12.1 Å². The van der Waals surface area contributed by atoms with Gasteiger partial charge in [0.2, 0.25) is 0 Å². The number of halogens is 2. The average Bonchev–Trinajstić information content (AvgIpc) is 2.47. The Labute approximate surface area is 125 Å². The molecule has 1 N–H and O–H groups in total. The van der Waals surface area contributed by atoms with Crippen molar-refractivity contribution in [3.63, 3.8) is 0 Å². The molecule has 1 atom stereocenters. The Morgan fingerprint density at radius 3 is 2.29 bits per heavy atom. The summed E-state index contributed by atoms with van der Waals surface area (Å²) < 4.78 is 27.5. The molecule has 21 heavy (non-hydrogen) atoms. The summed E-state index contributed by atoms with van der Waals surface area (Å²) >= 11 is 0. The maximum absolute atomic E-state index is 13.8. The zero-order chi connectivity index (χ0) is 15.8. The van der Waals surface area contributed by atoms with E-state index < -0.39 is 11.6 Å². The van der Waals surface area contributed by atoms with Crippen LogP contribution in [-0.2, 0) is 0 Å². The molecule has 0 radical (unpaired) electrons. The van der Waals surface area contributed by atoms with Gasteiger partial charge in [0.15, 0.2) is 11.6 Å². The molecule has 0 aliphatic heterocycles. The number of nitrogens with zero attached hydrogens (tertiary/aromatic N) is 2. The van der Waals surface area contributed by atoms with Gasteiger partial charge in [0, 0.05) is 6.04 Å². The molecular weight excluding hydrogens is 272 g/mol. The van der Waals surface area contributed by atoms with E-state index in [1.54, 1.807) is 6.07 Å². The van der Waals surface area contributed by atoms with E-state index in [-0.39, 0.29) is 17.3 Å². The van der Waals surface area contributed by atoms with Gasteiger partial charge in [0.1, 0.15) is 5.69 Å². The van der Waals surface area contributed by atoms with Crippen LogP contribution in [0.2, 0.25) is 0 Å². The van der Waals surface area contributed by atoms with Crippen LogP contribution in [0.25, 0.3) is 0 Å². The average molecular weight is 295 g/mol. The minimum absolute atomic E-state index is 0.00950. The predicted molar refractivity (Wildman–Crippen MR) is 81.2 cm³/mol. The molecule has 116 valence electrons. The summed E-state index contributed by atoms with van der Waals surface area (Å²) in [6, 6.07) is 3.80. The minimum Gasteiger partial charge on any atom is -0.378 e. The number of nitriles is 1. The van der Waals surface area contributed by atoms with Crippen LogP contribution < -0.4 is 5.32 Å². The van der Waals surface area contributed by atoms with Crippen LogP contribution >= 0.6 is 0 Å². The van der Waals surface area contributed by atoms with Crippen LogP contribution in [0.3, 0.4) is 0 Å². The smallest absolute Gasteiger partial charge is 0.150 e. The van der Waals surface area contributed by atoms with Gasteiger partial charge in [-0.25, -0.2) is 8.78 Å². The summed E-state index contributed by atoms with van der Waals surface area (Å²) in [6.45, 7) is 9.14. The molecule has 1 unspecified atom stereocenters. The van der Waals surface area contributed by atoms with Crippen LogP contribution in [0.5, 0.6) is 0 Å². The normalized spacial score (nSPS) is 12.2. The fourth-order valence-electron chi connectivity index (χ4n) is 2.26. The fourth-order valence-corrected chi connectivity index (χ4v) is 2.26. The van der Waals surface area contributed by atoms with Gasteiger partial charge in [-0.3, -0.25) is 0 Å². The molecule has 0 aromatic heterocycles. The van der Waals surface area contributed by atoms with E-state index in [0.717, 1.165) is 44.6 Å². The summed E-state index contributed by atoms with van der Waals surface area (Å²) in [5.74, 6) is -1.44. The Hall–Kier alpha value is -1.67. The second-order valence-electron chi connectivity index (χ2n) is 5.14. The first kappa shape index (κ1) is 17.4. The van der Waals surface area contributed by atoms with Gasteiger partial charge in [-0.2, -0.15) is 5.26 Å². The first-order valence-corrected chi connectivity index (χ1v) is 7.39. The molecule has 0 bridgehead atoms. The Kier molecular flexibility index (Phi) is 7.10. The highest BCUT2D eigenvalue weighted by Crippen LogP contribution is 2.22. The lowest BCUT2D eigenvalue weighted by molar-refractivity contribution is 0.295. The highest BCUT2D eigenvalue weighted by Gasteiger charge is 2.13. The van der Waals surface area contributed by atoms with Crippen molar-refractivity contribution in [2.75, 3.05) is 25.0 Å². The first-order valence-electron chi connectivity index (χ1n) is 7.39. The van der Waals surface area contributed by atoms with Gasteiger partial charge in [0.05, 0.1) is 11.6 Å². The van der Waals surface area contributed by atoms with Gasteiger partial charge < -0.3 is 10.2 Å². The van der Waals surface area contributed by atoms with E-state index in [1.807, 2.05) is 6.92 Å². The third kappa shape index (κ3) is 5.31. The number of anilines is 1. The SMILES string of the molecule is CCN(CC)CCCC(C)Nc1c(F)cc(C#N)cc1F. The third-order valence-electron chi connectivity index (χ3n) is 3.57. The molecule has 0 saturated carbocycles. The molecule has 0 saturated heterocycles. The Bertz CT molecular complexity index is 470. The predicted octanol–water partition coefficient (Wildman–Crippen LogP) is 3.76. The maximum atomic E-state index is 13.8. The molecule has 0 spiro atoms. The Morgan fingerprint density at radius 2 is 1.81 bits per heavy atom. The van der Waals surface area contributed by atoms with Crippen molar-refractivity contribution in [2.45, 2.75) is 39.7 Å². The molecule has 1 rings (SSSR count). The summed E-state index contributed by atoms with van der Waals surface area (Å²) in [5, 5.41) is 11.5. The first-order chi connectivity index (χ1) is 10.0. The molecule has 5 heteroatoms. The van der Waals surface area contributed by atoms with Gasteiger partial charge in [0.25, 0.3) is 0 Å². The van der Waals surface area contributed by atoms with Crippen molar-refractivity contribution in [1.82, 2.24) is 4.90 Å². The Balaban J connectivity index is 2.56. The highest BCUT2D eigenvalue weighted by molar-refractivity contribution is 5.50. The summed E-state index contributed by atoms with van der Waals surface area (Å²) in [6.07, 6.45) is 1.80. The van der Waals surface area contributed by atoms with E-state index in [9.17, 15) is 8.78 Å². The van der Waals surface area contributed by atoms with Crippen molar-refractivity contribution in [3.05, 3.63) is 29.3 Å². The van der Waals surface area contributed by atoms with Crippen LogP contribution in [-0.4, -0.2) is 30.6 Å². The van der Waals surface area contributed by atoms with E-state index in [0.29, 0.717) is 0 Å². The molecule has 1 aromatic rings. The van der Waals surface area contributed by atoms with E-state index >= 15 is 0 Å². The van der Waals surface area contributed by atoms with Gasteiger partial charge >= 0.3 is 0 Å². The fraction of sp³-hybridized carbons (Fsp3) is 0.562. The van der Waals surface area contributed by atoms with Crippen molar-refractivity contribution >= 4 is 5.69 Å². The monoisotopic (exact) mass is 295 g/mol. The van der Waals surface area contributed by atoms with Gasteiger partial charge in [-0.05, 0) is 51.5 Å². The van der Waals surface area contributed by atoms with Crippen LogP contribution in [0, 0.1) is 23.0 Å². The molecule has 0 amide bonds. The number of hydrogen-bond donors (Lipinski definition) is 1. The van der Waals surface area contributed by atoms with Crippen molar-refractivity contribution < 1.29 is 8.78 Å². The molecular formula is C16H23F2N3. The molecule has 0 heterocycles. The molecule has 1 aromatic carbocycles. The van der Waals surface area contributed by atoms with Crippen molar-refractivity contribution in [2.24, 2.45) is 0 Å². The topological polar surface area (TPSA) is 39.1 Å². The number of benzene rings is 1. The molecule has 3 nitrogen and oxygen atoms in total. The van der Waals surface area contributed by atoms with E-state index in [1.165, 1.54) is 0 Å². The standard InChI is InChI=1S/C16H23F2N3/c1-4-21(5-2)8-6-7-12(3)20-16-14(17)9-13(11-19)10-15(16)18/h9-10,12,20H,4-8H2,1-3H3. The molecule has 0 fully saturated rings.